The number of aromatic amines is 4. The zero-order chi connectivity index (χ0) is 11.4. The van der Waals surface area contributed by atoms with Gasteiger partial charge in [0, 0.05) is 6.92 Å². The third-order valence-electron chi connectivity index (χ3n) is 1.42. The molecule has 2 rings (SSSR count). The number of hydrogen-bond donors (Lipinski definition) is 4. The highest BCUT2D eigenvalue weighted by molar-refractivity contribution is 5.67. The largest absolute Gasteiger partial charge is 0.327 e. The summed E-state index contributed by atoms with van der Waals surface area (Å²) in [6.07, 6.45) is 0. The van der Waals surface area contributed by atoms with Gasteiger partial charge in [-0.3, -0.25) is 24.7 Å². The normalized spacial score (nSPS) is 9.07. The van der Waals surface area contributed by atoms with Gasteiger partial charge >= 0.3 is 11.4 Å². The lowest BCUT2D eigenvalue weighted by atomic mass is 10.5. The van der Waals surface area contributed by atoms with Crippen molar-refractivity contribution in [1.29, 1.82) is 5.26 Å². The van der Waals surface area contributed by atoms with Gasteiger partial charge in [-0.25, -0.2) is 9.59 Å². The third-order valence-corrected chi connectivity index (χ3v) is 1.42. The lowest BCUT2D eigenvalue weighted by Gasteiger charge is -1.83. The first kappa shape index (κ1) is 10.5. The molecule has 0 bridgehead atoms. The molecule has 0 aliphatic rings. The van der Waals surface area contributed by atoms with E-state index >= 15 is 0 Å². The monoisotopic (exact) mass is 209 g/mol. The Balaban J connectivity index is 0.000000337. The van der Waals surface area contributed by atoms with E-state index in [9.17, 15) is 14.4 Å². The molecule has 8 nitrogen and oxygen atoms in total. The molecule has 0 unspecified atom stereocenters. The van der Waals surface area contributed by atoms with Gasteiger partial charge in [0.05, 0.1) is 6.07 Å². The first-order chi connectivity index (χ1) is 7.08. The van der Waals surface area contributed by atoms with Gasteiger partial charge < -0.3 is 0 Å². The maximum atomic E-state index is 10.9. The number of H-pyrrole nitrogens is 4. The maximum absolute atomic E-state index is 10.9. The van der Waals surface area contributed by atoms with Crippen molar-refractivity contribution in [3.8, 4) is 6.07 Å². The van der Waals surface area contributed by atoms with Crippen LogP contribution in [0.5, 0.6) is 0 Å². The van der Waals surface area contributed by atoms with Crippen LogP contribution in [0.15, 0.2) is 14.4 Å². The number of nitriles is 1. The zero-order valence-corrected chi connectivity index (χ0v) is 7.67. The molecule has 2 aromatic heterocycles. The number of nitrogens with zero attached hydrogens (tertiary/aromatic N) is 1. The summed E-state index contributed by atoms with van der Waals surface area (Å²) in [6, 6.07) is 1.75. The molecule has 78 valence electrons. The fraction of sp³-hybridized carbons (Fsp3) is 0.143. The summed E-state index contributed by atoms with van der Waals surface area (Å²) in [5.41, 5.74) is -1.65. The van der Waals surface area contributed by atoms with Crippen LogP contribution >= 0.6 is 0 Å². The van der Waals surface area contributed by atoms with E-state index in [-0.39, 0.29) is 11.2 Å². The van der Waals surface area contributed by atoms with Crippen molar-refractivity contribution in [3.05, 3.63) is 31.3 Å². The molecule has 0 spiro atoms. The van der Waals surface area contributed by atoms with Crippen LogP contribution in [0.2, 0.25) is 0 Å². The van der Waals surface area contributed by atoms with Crippen LogP contribution in [0, 0.1) is 11.3 Å². The minimum Gasteiger partial charge on any atom is -0.300 e. The van der Waals surface area contributed by atoms with Crippen LogP contribution in [-0.2, 0) is 0 Å². The van der Waals surface area contributed by atoms with E-state index in [0.717, 1.165) is 0 Å². The molecule has 15 heavy (non-hydrogen) atoms. The fourth-order valence-corrected chi connectivity index (χ4v) is 0.958. The second kappa shape index (κ2) is 4.10. The molecule has 2 aromatic rings. The molecule has 8 heteroatoms. The first-order valence-corrected chi connectivity index (χ1v) is 3.84. The summed E-state index contributed by atoms with van der Waals surface area (Å²) in [6.45, 7) is 1.43. The Labute approximate surface area is 81.6 Å². The molecule has 4 N–H and O–H groups in total. The smallest absolute Gasteiger partial charge is 0.300 e. The molecule has 0 aliphatic heterocycles. The lowest BCUT2D eigenvalue weighted by molar-refractivity contribution is 1.07. The van der Waals surface area contributed by atoms with Crippen molar-refractivity contribution in [1.82, 2.24) is 19.9 Å². The minimum atomic E-state index is -0.650. The Hall–Kier alpha value is -2.56. The van der Waals surface area contributed by atoms with E-state index < -0.39 is 16.9 Å². The van der Waals surface area contributed by atoms with Crippen LogP contribution in [-0.4, -0.2) is 19.9 Å². The van der Waals surface area contributed by atoms with Crippen LogP contribution in [0.1, 0.15) is 6.92 Å². The molecule has 0 saturated carbocycles. The zero-order valence-electron chi connectivity index (χ0n) is 7.67. The molecule has 0 saturated heterocycles. The van der Waals surface area contributed by atoms with E-state index in [1.54, 1.807) is 6.07 Å². The number of hydrogen-bond acceptors (Lipinski definition) is 4. The van der Waals surface area contributed by atoms with Crippen molar-refractivity contribution in [2.24, 2.45) is 0 Å². The predicted octanol–water partition coefficient (Wildman–Crippen LogP) is -1.24. The van der Waals surface area contributed by atoms with Crippen molar-refractivity contribution < 1.29 is 0 Å². The lowest BCUT2D eigenvalue weighted by Crippen LogP contribution is -2.21. The Morgan fingerprint density at radius 3 is 2.00 bits per heavy atom. The van der Waals surface area contributed by atoms with Crippen molar-refractivity contribution >= 4 is 11.2 Å². The molecule has 0 atom stereocenters. The maximum Gasteiger partial charge on any atom is 0.327 e. The summed E-state index contributed by atoms with van der Waals surface area (Å²) >= 11 is 0. The molecular weight excluding hydrogens is 202 g/mol. The highest BCUT2D eigenvalue weighted by atomic mass is 16.2. The van der Waals surface area contributed by atoms with Gasteiger partial charge in [-0.15, -0.1) is 0 Å². The van der Waals surface area contributed by atoms with E-state index in [1.165, 1.54) is 6.92 Å². The average Bonchev–Trinajstić information content (AvgIpc) is 2.47. The Morgan fingerprint density at radius 2 is 1.47 bits per heavy atom. The molecule has 0 aliphatic carbocycles. The Kier molecular flexibility index (Phi) is 2.88. The van der Waals surface area contributed by atoms with Gasteiger partial charge in [0.15, 0.2) is 0 Å². The number of fused-ring (bicyclic) bond motifs is 1. The van der Waals surface area contributed by atoms with Gasteiger partial charge in [0.2, 0.25) is 0 Å². The Bertz CT molecular complexity index is 664. The number of aromatic nitrogens is 4. The summed E-state index contributed by atoms with van der Waals surface area (Å²) in [7, 11) is 0. The summed E-state index contributed by atoms with van der Waals surface area (Å²) in [5, 5.41) is 7.32. The second-order valence-corrected chi connectivity index (χ2v) is 2.46. The molecule has 0 radical (unpaired) electrons. The van der Waals surface area contributed by atoms with Gasteiger partial charge in [-0.2, -0.15) is 5.26 Å². The summed E-state index contributed by atoms with van der Waals surface area (Å²) < 4.78 is 0. The van der Waals surface area contributed by atoms with E-state index in [2.05, 4.69) is 15.0 Å². The van der Waals surface area contributed by atoms with E-state index in [4.69, 9.17) is 5.26 Å². The van der Waals surface area contributed by atoms with Crippen LogP contribution < -0.4 is 16.9 Å². The average molecular weight is 209 g/mol. The van der Waals surface area contributed by atoms with Crippen LogP contribution in [0.4, 0.5) is 0 Å². The number of rotatable bonds is 0. The summed E-state index contributed by atoms with van der Waals surface area (Å²) in [5.74, 6) is 0. The van der Waals surface area contributed by atoms with Gasteiger partial charge in [-0.05, 0) is 0 Å². The quantitative estimate of drug-likeness (QED) is 0.431. The van der Waals surface area contributed by atoms with E-state index in [0.29, 0.717) is 0 Å². The highest BCUT2D eigenvalue weighted by Crippen LogP contribution is 1.88. The van der Waals surface area contributed by atoms with Crippen molar-refractivity contribution in [2.45, 2.75) is 6.92 Å². The fourth-order valence-electron chi connectivity index (χ4n) is 0.958. The van der Waals surface area contributed by atoms with Gasteiger partial charge in [-0.1, -0.05) is 0 Å². The third kappa shape index (κ3) is 2.22. The molecule has 0 aromatic carbocycles. The summed E-state index contributed by atoms with van der Waals surface area (Å²) in [4.78, 5) is 41.0. The van der Waals surface area contributed by atoms with Crippen molar-refractivity contribution in [3.63, 3.8) is 0 Å². The molecule has 0 amide bonds. The molecule has 2 heterocycles. The van der Waals surface area contributed by atoms with Gasteiger partial charge in [0.25, 0.3) is 5.56 Å². The van der Waals surface area contributed by atoms with Crippen LogP contribution in [0.25, 0.3) is 11.2 Å². The Morgan fingerprint density at radius 1 is 1.00 bits per heavy atom. The van der Waals surface area contributed by atoms with Crippen molar-refractivity contribution in [2.75, 3.05) is 0 Å². The molecule has 0 fully saturated rings. The second-order valence-electron chi connectivity index (χ2n) is 2.46. The predicted molar refractivity (Wildman–Crippen MR) is 51.4 cm³/mol. The van der Waals surface area contributed by atoms with Crippen LogP contribution in [0.3, 0.4) is 0 Å². The number of imidazole rings is 1. The highest BCUT2D eigenvalue weighted by Gasteiger charge is 2.02. The SMILES string of the molecule is CC#N.O=c1[nH]c(=O)c2[nH]c(=O)[nH]c2[nH]1. The number of nitrogens with one attached hydrogen (secondary N) is 4. The van der Waals surface area contributed by atoms with Gasteiger partial charge in [0.1, 0.15) is 11.2 Å². The van der Waals surface area contributed by atoms with E-state index in [1.807, 2.05) is 4.98 Å². The standard InChI is InChI=1S/C5H4N4O3.C2H3N/c10-3-1-2(7-4(11)6-1)8-5(12)9-3;1-2-3/h(H4,6,7,8,9,10,11,12);1H3. The molecular formula is C7H7N5O3. The topological polar surface area (TPSA) is 138 Å². The minimum absolute atomic E-state index is 0.0413. The first-order valence-electron chi connectivity index (χ1n) is 3.84.